The molecule has 0 aliphatic carbocycles. The van der Waals surface area contributed by atoms with Gasteiger partial charge in [-0.05, 0) is 44.0 Å². The summed E-state index contributed by atoms with van der Waals surface area (Å²) in [5.41, 5.74) is 2.51. The molecule has 0 bridgehead atoms. The first-order valence-corrected chi connectivity index (χ1v) is 11.6. The second kappa shape index (κ2) is 10.2. The van der Waals surface area contributed by atoms with Crippen molar-refractivity contribution < 1.29 is 18.7 Å². The third kappa shape index (κ3) is 4.96. The lowest BCUT2D eigenvalue weighted by atomic mass is 10.0. The topological polar surface area (TPSA) is 127 Å². The van der Waals surface area contributed by atoms with Crippen molar-refractivity contribution in [1.82, 2.24) is 30.5 Å². The van der Waals surface area contributed by atoms with E-state index < -0.39 is 17.8 Å². The van der Waals surface area contributed by atoms with Gasteiger partial charge < -0.3 is 20.1 Å². The Morgan fingerprint density at radius 2 is 2.06 bits per heavy atom. The molecule has 1 aromatic carbocycles. The Morgan fingerprint density at radius 1 is 1.22 bits per heavy atom. The van der Waals surface area contributed by atoms with Gasteiger partial charge in [-0.3, -0.25) is 14.9 Å². The number of hydrogen-bond donors (Lipinski definition) is 3. The summed E-state index contributed by atoms with van der Waals surface area (Å²) in [6, 6.07) is 5.84. The van der Waals surface area contributed by atoms with E-state index in [1.807, 2.05) is 6.92 Å². The predicted molar refractivity (Wildman–Crippen MR) is 130 cm³/mol. The average molecular weight is 492 g/mol. The molecule has 1 saturated heterocycles. The summed E-state index contributed by atoms with van der Waals surface area (Å²) in [6.07, 6.45) is 6.39. The van der Waals surface area contributed by atoms with Crippen LogP contribution in [-0.2, 0) is 4.74 Å². The van der Waals surface area contributed by atoms with Crippen LogP contribution >= 0.6 is 0 Å². The molecule has 0 radical (unpaired) electrons. The number of methoxy groups -OCH3 is 1. The summed E-state index contributed by atoms with van der Waals surface area (Å²) < 4.78 is 25.5. The molecule has 4 heterocycles. The van der Waals surface area contributed by atoms with Gasteiger partial charge in [0.05, 0.1) is 35.6 Å². The van der Waals surface area contributed by atoms with E-state index in [0.717, 1.165) is 18.4 Å². The Hall–Kier alpha value is -4.12. The van der Waals surface area contributed by atoms with Gasteiger partial charge in [0.25, 0.3) is 5.91 Å². The molecule has 3 N–H and O–H groups in total. The van der Waals surface area contributed by atoms with Gasteiger partial charge in [-0.2, -0.15) is 5.10 Å². The summed E-state index contributed by atoms with van der Waals surface area (Å²) in [6.45, 7) is 3.17. The number of ether oxygens (including phenoxy) is 2. The fraction of sp³-hybridized carbons (Fsp3) is 0.320. The Labute approximate surface area is 206 Å². The fourth-order valence-electron chi connectivity index (χ4n) is 4.19. The molecule has 0 saturated carbocycles. The van der Waals surface area contributed by atoms with Crippen LogP contribution in [0.1, 0.15) is 46.2 Å². The quantitative estimate of drug-likeness (QED) is 0.359. The number of rotatable bonds is 7. The second-order valence-corrected chi connectivity index (χ2v) is 8.57. The Bertz CT molecular complexity index is 1370. The molecule has 1 fully saturated rings. The van der Waals surface area contributed by atoms with Crippen LogP contribution in [0.3, 0.4) is 0 Å². The minimum Gasteiger partial charge on any atom is -0.495 e. The molecule has 10 nitrogen and oxygen atoms in total. The lowest BCUT2D eigenvalue weighted by Gasteiger charge is -2.23. The minimum absolute atomic E-state index is 0.135. The number of aromatic amines is 1. The molecule has 186 valence electrons. The molecular weight excluding hydrogens is 465 g/mol. The highest BCUT2D eigenvalue weighted by molar-refractivity contribution is 5.98. The zero-order chi connectivity index (χ0) is 25.1. The lowest BCUT2D eigenvalue weighted by molar-refractivity contribution is 0.0903. The summed E-state index contributed by atoms with van der Waals surface area (Å²) in [5.74, 6) is -0.0691. The first-order chi connectivity index (χ1) is 17.5. The van der Waals surface area contributed by atoms with E-state index >= 15 is 0 Å². The van der Waals surface area contributed by atoms with Crippen LogP contribution in [0.15, 0.2) is 42.9 Å². The third-order valence-electron chi connectivity index (χ3n) is 6.21. The summed E-state index contributed by atoms with van der Waals surface area (Å²) in [5, 5.41) is 13.5. The van der Waals surface area contributed by atoms with Crippen molar-refractivity contribution in [2.24, 2.45) is 0 Å². The van der Waals surface area contributed by atoms with Crippen LogP contribution in [0.4, 0.5) is 10.3 Å². The summed E-state index contributed by atoms with van der Waals surface area (Å²) in [7, 11) is 1.55. The van der Waals surface area contributed by atoms with Crippen LogP contribution in [-0.4, -0.2) is 57.4 Å². The number of hydrogen-bond acceptors (Lipinski definition) is 8. The number of benzene rings is 1. The number of halogens is 1. The number of aromatic nitrogens is 5. The number of amides is 1. The van der Waals surface area contributed by atoms with Gasteiger partial charge >= 0.3 is 0 Å². The number of nitrogens with one attached hydrogen (secondary N) is 3. The number of pyridine rings is 1. The van der Waals surface area contributed by atoms with Crippen molar-refractivity contribution in [1.29, 1.82) is 0 Å². The smallest absolute Gasteiger partial charge is 0.252 e. The van der Waals surface area contributed by atoms with Gasteiger partial charge in [-0.15, -0.1) is 0 Å². The van der Waals surface area contributed by atoms with Crippen molar-refractivity contribution in [2.45, 2.75) is 31.8 Å². The number of aryl methyl sites for hydroxylation is 1. The molecule has 11 heteroatoms. The minimum atomic E-state index is -0.614. The number of H-pyrrole nitrogens is 1. The van der Waals surface area contributed by atoms with E-state index in [9.17, 15) is 9.18 Å². The highest BCUT2D eigenvalue weighted by Crippen LogP contribution is 2.25. The third-order valence-corrected chi connectivity index (χ3v) is 6.21. The number of carbonyl (C=O) groups is 1. The molecule has 1 amide bonds. The Morgan fingerprint density at radius 3 is 2.75 bits per heavy atom. The SMILES string of the molecule is COc1ccc([C@H](NC(=O)c2cc(F)c3cnc(NC4CCOCC4)nc3c2)c2c[nH]nc2C)nc1. The molecule has 4 aromatic rings. The number of fused-ring (bicyclic) bond motifs is 1. The maximum atomic E-state index is 14.9. The largest absolute Gasteiger partial charge is 0.495 e. The van der Waals surface area contributed by atoms with Crippen molar-refractivity contribution in [3.05, 3.63) is 71.2 Å². The molecule has 1 atom stereocenters. The number of anilines is 1. The number of nitrogens with zero attached hydrogens (tertiary/aromatic N) is 4. The van der Waals surface area contributed by atoms with E-state index in [4.69, 9.17) is 9.47 Å². The van der Waals surface area contributed by atoms with Gasteiger partial charge in [0.2, 0.25) is 5.95 Å². The standard InChI is InChI=1S/C25H26FN7O3/c1-14-18(13-29-33-14)23(21-4-3-17(35-2)11-27-21)32-24(34)15-9-20(26)19-12-28-25(31-22(19)10-15)30-16-5-7-36-8-6-16/h3-4,9-13,16,23H,5-8H2,1-2H3,(H,29,33)(H,32,34)(H,28,30,31)/t23-/m1/s1. The molecule has 36 heavy (non-hydrogen) atoms. The maximum Gasteiger partial charge on any atom is 0.252 e. The van der Waals surface area contributed by atoms with Crippen molar-refractivity contribution in [2.75, 3.05) is 25.6 Å². The first kappa shape index (κ1) is 23.6. The molecular formula is C25H26FN7O3. The second-order valence-electron chi connectivity index (χ2n) is 8.57. The van der Waals surface area contributed by atoms with Crippen LogP contribution in [0, 0.1) is 12.7 Å². The average Bonchev–Trinajstić information content (AvgIpc) is 3.33. The summed E-state index contributed by atoms with van der Waals surface area (Å²) >= 11 is 0. The highest BCUT2D eigenvalue weighted by Gasteiger charge is 2.23. The number of carbonyl (C=O) groups excluding carboxylic acids is 1. The summed E-state index contributed by atoms with van der Waals surface area (Å²) in [4.78, 5) is 26.5. The predicted octanol–water partition coefficient (Wildman–Crippen LogP) is 3.31. The van der Waals surface area contributed by atoms with Crippen LogP contribution in [0.25, 0.3) is 10.9 Å². The van der Waals surface area contributed by atoms with E-state index in [0.29, 0.717) is 41.8 Å². The van der Waals surface area contributed by atoms with E-state index in [-0.39, 0.29) is 17.0 Å². The molecule has 1 aliphatic rings. The van der Waals surface area contributed by atoms with Crippen molar-refractivity contribution in [3.8, 4) is 5.75 Å². The normalized spacial score (nSPS) is 15.0. The first-order valence-electron chi connectivity index (χ1n) is 11.6. The molecule has 3 aromatic heterocycles. The Balaban J connectivity index is 1.43. The molecule has 1 aliphatic heterocycles. The van der Waals surface area contributed by atoms with Gasteiger partial charge in [0.1, 0.15) is 17.6 Å². The van der Waals surface area contributed by atoms with E-state index in [2.05, 4.69) is 35.8 Å². The van der Waals surface area contributed by atoms with Gasteiger partial charge in [0.15, 0.2) is 0 Å². The Kier molecular flexibility index (Phi) is 6.72. The van der Waals surface area contributed by atoms with E-state index in [1.165, 1.54) is 12.3 Å². The van der Waals surface area contributed by atoms with Gasteiger partial charge in [-0.1, -0.05) is 0 Å². The van der Waals surface area contributed by atoms with Crippen LogP contribution in [0.5, 0.6) is 5.75 Å². The van der Waals surface area contributed by atoms with Gasteiger partial charge in [-0.25, -0.2) is 14.4 Å². The monoisotopic (exact) mass is 491 g/mol. The molecule has 5 rings (SSSR count). The van der Waals surface area contributed by atoms with Gasteiger partial charge in [0, 0.05) is 42.8 Å². The van der Waals surface area contributed by atoms with Crippen LogP contribution in [0.2, 0.25) is 0 Å². The van der Waals surface area contributed by atoms with Crippen LogP contribution < -0.4 is 15.4 Å². The molecule has 0 spiro atoms. The molecule has 0 unspecified atom stereocenters. The highest BCUT2D eigenvalue weighted by atomic mass is 19.1. The van der Waals surface area contributed by atoms with E-state index in [1.54, 1.807) is 37.7 Å². The fourth-order valence-corrected chi connectivity index (χ4v) is 4.19. The zero-order valence-corrected chi connectivity index (χ0v) is 19.9. The van der Waals surface area contributed by atoms with Crippen molar-refractivity contribution in [3.63, 3.8) is 0 Å². The maximum absolute atomic E-state index is 14.9. The zero-order valence-electron chi connectivity index (χ0n) is 19.9. The lowest BCUT2D eigenvalue weighted by Crippen LogP contribution is -2.30. The van der Waals surface area contributed by atoms with Crippen molar-refractivity contribution >= 4 is 22.8 Å².